The van der Waals surface area contributed by atoms with E-state index >= 15 is 0 Å². The van der Waals surface area contributed by atoms with E-state index in [-0.39, 0.29) is 11.8 Å². The molecule has 0 bridgehead atoms. The molecule has 1 aliphatic heterocycles. The topological polar surface area (TPSA) is 75.9 Å². The number of hydrogen-bond donors (Lipinski definition) is 1. The monoisotopic (exact) mass is 368 g/mol. The largest absolute Gasteiger partial charge is 0.350 e. The summed E-state index contributed by atoms with van der Waals surface area (Å²) in [6, 6.07) is 0. The predicted molar refractivity (Wildman–Crippen MR) is 102 cm³/mol. The van der Waals surface area contributed by atoms with Crippen LogP contribution in [0.25, 0.3) is 0 Å². The van der Waals surface area contributed by atoms with E-state index in [1.807, 2.05) is 24.9 Å². The molecule has 0 aromatic carbocycles. The normalized spacial score (nSPS) is 20.6. The Morgan fingerprint density at radius 2 is 2.04 bits per heavy atom. The van der Waals surface area contributed by atoms with Crippen LogP contribution >= 0.6 is 0 Å². The summed E-state index contributed by atoms with van der Waals surface area (Å²) in [4.78, 5) is 28.6. The lowest BCUT2D eigenvalue weighted by atomic mass is 9.95. The van der Waals surface area contributed by atoms with Crippen LogP contribution < -0.4 is 5.32 Å². The zero-order chi connectivity index (χ0) is 18.8. The fraction of sp³-hybridized carbons (Fsp3) is 0.600. The van der Waals surface area contributed by atoms with Gasteiger partial charge >= 0.3 is 0 Å². The van der Waals surface area contributed by atoms with E-state index in [4.69, 9.17) is 0 Å². The van der Waals surface area contributed by atoms with Crippen LogP contribution in [0.2, 0.25) is 0 Å². The lowest BCUT2D eigenvalue weighted by Gasteiger charge is -2.33. The lowest BCUT2D eigenvalue weighted by molar-refractivity contribution is -0.123. The van der Waals surface area contributed by atoms with Crippen LogP contribution in [0.1, 0.15) is 54.4 Å². The summed E-state index contributed by atoms with van der Waals surface area (Å²) in [6.45, 7) is 4.98. The highest BCUT2D eigenvalue weighted by atomic mass is 16.1. The molecule has 144 valence electrons. The maximum atomic E-state index is 13.0. The van der Waals surface area contributed by atoms with Crippen LogP contribution in [0.5, 0.6) is 0 Å². The average Bonchev–Trinajstić information content (AvgIpc) is 3.30. The Morgan fingerprint density at radius 1 is 1.22 bits per heavy atom. The molecule has 1 saturated carbocycles. The standard InChI is InChI=1S/C20H28N6O/c1-14-7-22-16(8-21-14)9-23-20(27)17-11-26(10-15-5-3-4-6-15)12-18-19(17)25(2)13-24-18/h7-8,13,15,17H,3-6,9-12H2,1-2H3,(H,23,27)/t17-/m0/s1. The molecule has 4 rings (SSSR count). The predicted octanol–water partition coefficient (Wildman–Crippen LogP) is 1.92. The highest BCUT2D eigenvalue weighted by molar-refractivity contribution is 5.84. The molecule has 7 heteroatoms. The maximum Gasteiger partial charge on any atom is 0.230 e. The Bertz CT molecular complexity index is 793. The van der Waals surface area contributed by atoms with E-state index in [0.29, 0.717) is 6.54 Å². The Balaban J connectivity index is 1.46. The summed E-state index contributed by atoms with van der Waals surface area (Å²) < 4.78 is 2.00. The third-order valence-corrected chi connectivity index (χ3v) is 5.79. The van der Waals surface area contributed by atoms with Crippen molar-refractivity contribution in [2.24, 2.45) is 13.0 Å². The lowest BCUT2D eigenvalue weighted by Crippen LogP contribution is -2.43. The van der Waals surface area contributed by atoms with Crippen molar-refractivity contribution in [1.82, 2.24) is 29.7 Å². The molecule has 0 unspecified atom stereocenters. The van der Waals surface area contributed by atoms with Gasteiger partial charge in [-0.3, -0.25) is 19.7 Å². The second-order valence-corrected chi connectivity index (χ2v) is 7.95. The SMILES string of the molecule is Cc1cnc(CNC(=O)[C@H]2CN(CC3CCCC3)Cc3ncn(C)c32)cn1. The third-order valence-electron chi connectivity index (χ3n) is 5.79. The van der Waals surface area contributed by atoms with Gasteiger partial charge in [-0.25, -0.2) is 4.98 Å². The average molecular weight is 368 g/mol. The first-order chi connectivity index (χ1) is 13.1. The summed E-state index contributed by atoms with van der Waals surface area (Å²) in [7, 11) is 1.98. The molecule has 2 aliphatic rings. The second kappa shape index (κ2) is 7.76. The van der Waals surface area contributed by atoms with Gasteiger partial charge in [-0.1, -0.05) is 12.8 Å². The van der Waals surface area contributed by atoms with Gasteiger partial charge in [0.05, 0.1) is 47.8 Å². The molecule has 0 radical (unpaired) electrons. The van der Waals surface area contributed by atoms with Crippen LogP contribution in [-0.2, 0) is 24.9 Å². The minimum absolute atomic E-state index is 0.0401. The molecule has 0 spiro atoms. The number of carbonyl (C=O) groups is 1. The Morgan fingerprint density at radius 3 is 2.78 bits per heavy atom. The summed E-state index contributed by atoms with van der Waals surface area (Å²) in [5.41, 5.74) is 3.74. The number of fused-ring (bicyclic) bond motifs is 1. The van der Waals surface area contributed by atoms with Crippen molar-refractivity contribution in [1.29, 1.82) is 0 Å². The highest BCUT2D eigenvalue weighted by Crippen LogP contribution is 2.31. The number of amides is 1. The quantitative estimate of drug-likeness (QED) is 0.873. The van der Waals surface area contributed by atoms with Crippen molar-refractivity contribution in [3.63, 3.8) is 0 Å². The van der Waals surface area contributed by atoms with Crippen LogP contribution in [0, 0.1) is 12.8 Å². The Kier molecular flexibility index (Phi) is 5.20. The number of hydrogen-bond acceptors (Lipinski definition) is 5. The van der Waals surface area contributed by atoms with Gasteiger partial charge in [-0.2, -0.15) is 0 Å². The van der Waals surface area contributed by atoms with Crippen molar-refractivity contribution >= 4 is 5.91 Å². The first-order valence-electron chi connectivity index (χ1n) is 9.88. The van der Waals surface area contributed by atoms with Crippen LogP contribution in [-0.4, -0.2) is 43.4 Å². The molecule has 0 saturated heterocycles. The molecular formula is C20H28N6O. The number of imidazole rings is 1. The molecular weight excluding hydrogens is 340 g/mol. The van der Waals surface area contributed by atoms with E-state index in [2.05, 4.69) is 25.2 Å². The zero-order valence-electron chi connectivity index (χ0n) is 16.2. The second-order valence-electron chi connectivity index (χ2n) is 7.95. The smallest absolute Gasteiger partial charge is 0.230 e. The van der Waals surface area contributed by atoms with Gasteiger partial charge in [-0.15, -0.1) is 0 Å². The number of aromatic nitrogens is 4. The molecule has 3 heterocycles. The van der Waals surface area contributed by atoms with Gasteiger partial charge < -0.3 is 9.88 Å². The molecule has 2 aromatic rings. The van der Waals surface area contributed by atoms with Crippen molar-refractivity contribution in [3.8, 4) is 0 Å². The zero-order valence-corrected chi connectivity index (χ0v) is 16.2. The van der Waals surface area contributed by atoms with E-state index < -0.39 is 0 Å². The number of aryl methyl sites for hydroxylation is 2. The van der Waals surface area contributed by atoms with Crippen LogP contribution in [0.15, 0.2) is 18.7 Å². The molecule has 1 N–H and O–H groups in total. The van der Waals surface area contributed by atoms with Gasteiger partial charge in [0.25, 0.3) is 0 Å². The van der Waals surface area contributed by atoms with Crippen molar-refractivity contribution < 1.29 is 4.79 Å². The fourth-order valence-corrected chi connectivity index (χ4v) is 4.39. The van der Waals surface area contributed by atoms with E-state index in [1.165, 1.54) is 25.7 Å². The van der Waals surface area contributed by atoms with Gasteiger partial charge in [0, 0.05) is 32.9 Å². The molecule has 7 nitrogen and oxygen atoms in total. The van der Waals surface area contributed by atoms with Gasteiger partial charge in [0.1, 0.15) is 0 Å². The third kappa shape index (κ3) is 4.03. The summed E-state index contributed by atoms with van der Waals surface area (Å²) in [6.07, 6.45) is 10.6. The van der Waals surface area contributed by atoms with Gasteiger partial charge in [-0.05, 0) is 25.7 Å². The van der Waals surface area contributed by atoms with E-state index in [1.54, 1.807) is 12.4 Å². The van der Waals surface area contributed by atoms with E-state index in [0.717, 1.165) is 48.3 Å². The first-order valence-corrected chi connectivity index (χ1v) is 9.88. The number of rotatable bonds is 5. The fourth-order valence-electron chi connectivity index (χ4n) is 4.39. The van der Waals surface area contributed by atoms with Gasteiger partial charge in [0.2, 0.25) is 5.91 Å². The molecule has 1 aliphatic carbocycles. The van der Waals surface area contributed by atoms with Crippen molar-refractivity contribution in [3.05, 3.63) is 41.5 Å². The van der Waals surface area contributed by atoms with Gasteiger partial charge in [0.15, 0.2) is 0 Å². The minimum Gasteiger partial charge on any atom is -0.350 e. The summed E-state index contributed by atoms with van der Waals surface area (Å²) >= 11 is 0. The highest BCUT2D eigenvalue weighted by Gasteiger charge is 2.34. The van der Waals surface area contributed by atoms with E-state index in [9.17, 15) is 4.79 Å². The summed E-state index contributed by atoms with van der Waals surface area (Å²) in [5, 5.41) is 3.05. The molecule has 1 fully saturated rings. The van der Waals surface area contributed by atoms with Crippen molar-refractivity contribution in [2.75, 3.05) is 13.1 Å². The Hall–Kier alpha value is -2.28. The number of nitrogens with one attached hydrogen (secondary N) is 1. The van der Waals surface area contributed by atoms with Crippen molar-refractivity contribution in [2.45, 2.75) is 51.6 Å². The maximum absolute atomic E-state index is 13.0. The molecule has 1 atom stereocenters. The minimum atomic E-state index is -0.193. The molecule has 1 amide bonds. The Labute approximate surface area is 160 Å². The number of carbonyl (C=O) groups excluding carboxylic acids is 1. The van der Waals surface area contributed by atoms with Crippen LogP contribution in [0.3, 0.4) is 0 Å². The summed E-state index contributed by atoms with van der Waals surface area (Å²) in [5.74, 6) is 0.612. The molecule has 27 heavy (non-hydrogen) atoms. The number of nitrogens with zero attached hydrogens (tertiary/aromatic N) is 5. The molecule has 2 aromatic heterocycles. The van der Waals surface area contributed by atoms with Crippen LogP contribution in [0.4, 0.5) is 0 Å². The first kappa shape index (κ1) is 18.1.